The fourth-order valence-corrected chi connectivity index (χ4v) is 2.77. The Labute approximate surface area is 123 Å². The van der Waals surface area contributed by atoms with Gasteiger partial charge in [-0.3, -0.25) is 4.79 Å². The van der Waals surface area contributed by atoms with Gasteiger partial charge in [-0.15, -0.1) is 0 Å². The van der Waals surface area contributed by atoms with Crippen molar-refractivity contribution in [2.45, 2.75) is 38.6 Å². The molecule has 0 radical (unpaired) electrons. The monoisotopic (exact) mass is 293 g/mol. The molecule has 1 saturated heterocycles. The molecule has 1 fully saturated rings. The van der Waals surface area contributed by atoms with Crippen molar-refractivity contribution in [1.82, 2.24) is 4.90 Å². The third kappa shape index (κ3) is 3.80. The maximum atomic E-state index is 13.1. The number of likely N-dealkylation sites (tertiary alicyclic amines) is 1. The van der Waals surface area contributed by atoms with Crippen LogP contribution >= 0.6 is 0 Å². The van der Waals surface area contributed by atoms with E-state index in [1.54, 1.807) is 13.0 Å². The lowest BCUT2D eigenvalue weighted by Gasteiger charge is -2.24. The Morgan fingerprint density at radius 1 is 1.48 bits per heavy atom. The van der Waals surface area contributed by atoms with Crippen LogP contribution in [0.5, 0.6) is 0 Å². The van der Waals surface area contributed by atoms with E-state index >= 15 is 0 Å². The zero-order valence-corrected chi connectivity index (χ0v) is 12.1. The van der Waals surface area contributed by atoms with Gasteiger partial charge in [0.1, 0.15) is 11.9 Å². The average Bonchev–Trinajstić information content (AvgIpc) is 2.93. The van der Waals surface area contributed by atoms with Crippen molar-refractivity contribution in [2.75, 3.05) is 6.54 Å². The molecule has 1 N–H and O–H groups in total. The van der Waals surface area contributed by atoms with Crippen molar-refractivity contribution in [3.63, 3.8) is 0 Å². The Bertz CT molecular complexity index is 532. The van der Waals surface area contributed by atoms with Crippen LogP contribution in [0.1, 0.15) is 31.7 Å². The van der Waals surface area contributed by atoms with Gasteiger partial charge in [0.05, 0.1) is 0 Å². The number of benzene rings is 1. The lowest BCUT2D eigenvalue weighted by atomic mass is 9.99. The summed E-state index contributed by atoms with van der Waals surface area (Å²) in [4.78, 5) is 24.9. The number of carboxylic acid groups (broad SMARTS) is 1. The molecule has 1 amide bonds. The van der Waals surface area contributed by atoms with Gasteiger partial charge >= 0.3 is 5.97 Å². The van der Waals surface area contributed by atoms with Gasteiger partial charge in [-0.25, -0.2) is 9.18 Å². The first kappa shape index (κ1) is 15.5. The van der Waals surface area contributed by atoms with E-state index in [4.69, 9.17) is 5.11 Å². The molecule has 1 aromatic rings. The van der Waals surface area contributed by atoms with Crippen LogP contribution in [-0.2, 0) is 16.0 Å². The van der Waals surface area contributed by atoms with Crippen LogP contribution in [-0.4, -0.2) is 34.5 Å². The molecule has 1 aromatic carbocycles. The molecule has 0 bridgehead atoms. The summed E-state index contributed by atoms with van der Waals surface area (Å²) >= 11 is 0. The normalized spacial score (nSPS) is 19.5. The molecule has 0 aromatic heterocycles. The van der Waals surface area contributed by atoms with Gasteiger partial charge in [-0.05, 0) is 43.4 Å². The number of halogens is 1. The summed E-state index contributed by atoms with van der Waals surface area (Å²) in [5, 5.41) is 9.12. The fraction of sp³-hybridized carbons (Fsp3) is 0.500. The second-order valence-corrected chi connectivity index (χ2v) is 5.60. The molecule has 2 rings (SSSR count). The van der Waals surface area contributed by atoms with E-state index in [0.29, 0.717) is 25.8 Å². The highest BCUT2D eigenvalue weighted by atomic mass is 19.1. The first-order valence-corrected chi connectivity index (χ1v) is 7.26. The van der Waals surface area contributed by atoms with Crippen LogP contribution in [0, 0.1) is 11.7 Å². The van der Waals surface area contributed by atoms with E-state index in [9.17, 15) is 14.0 Å². The lowest BCUT2D eigenvalue weighted by molar-refractivity contribution is -0.149. The molecule has 0 aliphatic carbocycles. The Morgan fingerprint density at radius 3 is 2.90 bits per heavy atom. The number of carbonyl (C=O) groups excluding carboxylic acids is 1. The number of hydrogen-bond acceptors (Lipinski definition) is 2. The van der Waals surface area contributed by atoms with Gasteiger partial charge in [-0.2, -0.15) is 0 Å². The minimum atomic E-state index is -0.932. The molecule has 1 aliphatic heterocycles. The van der Waals surface area contributed by atoms with E-state index in [-0.39, 0.29) is 17.6 Å². The third-order valence-electron chi connectivity index (χ3n) is 4.00. The highest BCUT2D eigenvalue weighted by molar-refractivity contribution is 5.85. The number of aryl methyl sites for hydroxylation is 1. The predicted molar refractivity (Wildman–Crippen MR) is 76.3 cm³/mol. The Balaban J connectivity index is 1.92. The van der Waals surface area contributed by atoms with Gasteiger partial charge in [0.2, 0.25) is 5.91 Å². The van der Waals surface area contributed by atoms with Gasteiger partial charge in [0, 0.05) is 12.5 Å². The van der Waals surface area contributed by atoms with Crippen molar-refractivity contribution in [2.24, 2.45) is 5.92 Å². The second-order valence-electron chi connectivity index (χ2n) is 5.60. The molecule has 0 unspecified atom stereocenters. The molecule has 1 aliphatic rings. The van der Waals surface area contributed by atoms with Crippen LogP contribution in [0.2, 0.25) is 0 Å². The summed E-state index contributed by atoms with van der Waals surface area (Å²) in [7, 11) is 0. The zero-order valence-electron chi connectivity index (χ0n) is 12.1. The van der Waals surface area contributed by atoms with E-state index < -0.39 is 12.0 Å². The summed E-state index contributed by atoms with van der Waals surface area (Å²) in [5.74, 6) is -1.58. The molecule has 1 heterocycles. The SMILES string of the molecule is C[C@H](CCc1cccc(F)c1)C(=O)N1CCC[C@@H]1C(=O)O. The molecule has 114 valence electrons. The topological polar surface area (TPSA) is 57.6 Å². The maximum Gasteiger partial charge on any atom is 0.326 e. The molecule has 21 heavy (non-hydrogen) atoms. The van der Waals surface area contributed by atoms with Gasteiger partial charge in [0.25, 0.3) is 0 Å². The fourth-order valence-electron chi connectivity index (χ4n) is 2.77. The number of carbonyl (C=O) groups is 2. The number of nitrogens with zero attached hydrogens (tertiary/aromatic N) is 1. The van der Waals surface area contributed by atoms with E-state index in [1.165, 1.54) is 17.0 Å². The van der Waals surface area contributed by atoms with Gasteiger partial charge in [-0.1, -0.05) is 19.1 Å². The molecule has 0 spiro atoms. The van der Waals surface area contributed by atoms with Crippen LogP contribution in [0.4, 0.5) is 4.39 Å². The number of hydrogen-bond donors (Lipinski definition) is 1. The Kier molecular flexibility index (Phi) is 4.94. The highest BCUT2D eigenvalue weighted by Crippen LogP contribution is 2.22. The minimum Gasteiger partial charge on any atom is -0.480 e. The Hall–Kier alpha value is -1.91. The van der Waals surface area contributed by atoms with Crippen molar-refractivity contribution in [3.05, 3.63) is 35.6 Å². The van der Waals surface area contributed by atoms with Crippen LogP contribution in [0.25, 0.3) is 0 Å². The first-order valence-electron chi connectivity index (χ1n) is 7.26. The van der Waals surface area contributed by atoms with Gasteiger partial charge < -0.3 is 10.0 Å². The maximum absolute atomic E-state index is 13.1. The largest absolute Gasteiger partial charge is 0.480 e. The van der Waals surface area contributed by atoms with Crippen LogP contribution in [0.15, 0.2) is 24.3 Å². The third-order valence-corrected chi connectivity index (χ3v) is 4.00. The molecular weight excluding hydrogens is 273 g/mol. The lowest BCUT2D eigenvalue weighted by Crippen LogP contribution is -2.43. The van der Waals surface area contributed by atoms with Crippen LogP contribution in [0.3, 0.4) is 0 Å². The molecular formula is C16H20FNO3. The van der Waals surface area contributed by atoms with E-state index in [1.807, 2.05) is 6.07 Å². The molecule has 0 saturated carbocycles. The quantitative estimate of drug-likeness (QED) is 0.907. The molecule has 2 atom stereocenters. The Morgan fingerprint density at radius 2 is 2.24 bits per heavy atom. The standard InChI is InChI=1S/C16H20FNO3/c1-11(7-8-12-4-2-5-13(17)10-12)15(19)18-9-3-6-14(18)16(20)21/h2,4-5,10-11,14H,3,6-9H2,1H3,(H,20,21)/t11-,14-/m1/s1. The predicted octanol–water partition coefficient (Wildman–Crippen LogP) is 2.47. The molecule has 4 nitrogen and oxygen atoms in total. The summed E-state index contributed by atoms with van der Waals surface area (Å²) < 4.78 is 13.1. The van der Waals surface area contributed by atoms with Gasteiger partial charge in [0.15, 0.2) is 0 Å². The highest BCUT2D eigenvalue weighted by Gasteiger charge is 2.35. The van der Waals surface area contributed by atoms with E-state index in [2.05, 4.69) is 0 Å². The minimum absolute atomic E-state index is 0.115. The van der Waals surface area contributed by atoms with E-state index in [0.717, 1.165) is 12.0 Å². The summed E-state index contributed by atoms with van der Waals surface area (Å²) in [5.41, 5.74) is 0.853. The summed E-state index contributed by atoms with van der Waals surface area (Å²) in [6.07, 6.45) is 2.46. The van der Waals surface area contributed by atoms with Crippen molar-refractivity contribution in [1.29, 1.82) is 0 Å². The number of aliphatic carboxylic acids is 1. The van der Waals surface area contributed by atoms with Crippen molar-refractivity contribution in [3.8, 4) is 0 Å². The van der Waals surface area contributed by atoms with Crippen LogP contribution < -0.4 is 0 Å². The first-order chi connectivity index (χ1) is 9.99. The number of carboxylic acids is 1. The van der Waals surface area contributed by atoms with Crippen molar-refractivity contribution >= 4 is 11.9 Å². The average molecular weight is 293 g/mol. The van der Waals surface area contributed by atoms with Crippen molar-refractivity contribution < 1.29 is 19.1 Å². The smallest absolute Gasteiger partial charge is 0.326 e. The number of rotatable bonds is 5. The molecule has 5 heteroatoms. The second kappa shape index (κ2) is 6.70. The summed E-state index contributed by atoms with van der Waals surface area (Å²) in [6, 6.07) is 5.65. The summed E-state index contributed by atoms with van der Waals surface area (Å²) in [6.45, 7) is 2.32. The zero-order chi connectivity index (χ0) is 15.4. The number of amides is 1.